The Bertz CT molecular complexity index is 383. The van der Waals surface area contributed by atoms with Crippen molar-refractivity contribution in [2.24, 2.45) is 5.92 Å². The number of rotatable bonds is 1. The van der Waals surface area contributed by atoms with Crippen molar-refractivity contribution >= 4 is 11.7 Å². The zero-order chi connectivity index (χ0) is 11.0. The highest BCUT2D eigenvalue weighted by molar-refractivity contribution is 5.94. The fraction of sp³-hybridized carbons (Fsp3) is 0.636. The molecular weight excluding hydrogens is 190 g/mol. The van der Waals surface area contributed by atoms with E-state index < -0.39 is 0 Å². The molecule has 1 unspecified atom stereocenters. The van der Waals surface area contributed by atoms with Gasteiger partial charge in [0.25, 0.3) is 0 Å². The van der Waals surface area contributed by atoms with Crippen LogP contribution in [-0.4, -0.2) is 22.7 Å². The molecule has 2 rings (SSSR count). The van der Waals surface area contributed by atoms with Crippen molar-refractivity contribution in [2.75, 3.05) is 11.9 Å². The zero-order valence-electron chi connectivity index (χ0n) is 9.53. The molecule has 1 aromatic rings. The first kappa shape index (κ1) is 10.2. The summed E-state index contributed by atoms with van der Waals surface area (Å²) < 4.78 is 1.93. The lowest BCUT2D eigenvalue weighted by molar-refractivity contribution is -0.122. The second kappa shape index (κ2) is 3.68. The molecule has 1 aliphatic heterocycles. The van der Waals surface area contributed by atoms with E-state index in [9.17, 15) is 4.79 Å². The van der Waals surface area contributed by atoms with Crippen LogP contribution < -0.4 is 4.90 Å². The van der Waals surface area contributed by atoms with Gasteiger partial charge in [0.15, 0.2) is 0 Å². The fourth-order valence-electron chi connectivity index (χ4n) is 2.13. The minimum Gasteiger partial charge on any atom is -0.300 e. The normalized spacial score (nSPS) is 21.4. The lowest BCUT2D eigenvalue weighted by Gasteiger charge is -2.18. The van der Waals surface area contributed by atoms with Crippen LogP contribution in [0.25, 0.3) is 0 Å². The lowest BCUT2D eigenvalue weighted by Crippen LogP contribution is -2.31. The average molecular weight is 207 g/mol. The van der Waals surface area contributed by atoms with Crippen LogP contribution in [0.1, 0.15) is 25.5 Å². The van der Waals surface area contributed by atoms with E-state index in [0.29, 0.717) is 0 Å². The molecule has 1 aliphatic rings. The summed E-state index contributed by atoms with van der Waals surface area (Å²) in [5.41, 5.74) is 0.972. The summed E-state index contributed by atoms with van der Waals surface area (Å²) in [7, 11) is 1.84. The molecule has 4 heteroatoms. The summed E-state index contributed by atoms with van der Waals surface area (Å²) in [4.78, 5) is 13.8. The zero-order valence-corrected chi connectivity index (χ0v) is 9.53. The van der Waals surface area contributed by atoms with Gasteiger partial charge in [-0.15, -0.1) is 0 Å². The second-order valence-electron chi connectivity index (χ2n) is 4.16. The predicted octanol–water partition coefficient (Wildman–Crippen LogP) is 1.58. The molecule has 1 aromatic heterocycles. The van der Waals surface area contributed by atoms with Crippen LogP contribution in [0.15, 0.2) is 6.07 Å². The predicted molar refractivity (Wildman–Crippen MR) is 58.8 cm³/mol. The number of carbonyl (C=O) groups excluding carboxylic acids is 1. The van der Waals surface area contributed by atoms with Crippen LogP contribution in [0, 0.1) is 12.8 Å². The standard InChI is InChI=1S/C11H17N3O/c1-4-9-5-6-14-10(7-8(2)12-14)13(3)11(9)15/h7,9H,4-6H2,1-3H3. The minimum atomic E-state index is 0.150. The van der Waals surface area contributed by atoms with Crippen molar-refractivity contribution < 1.29 is 4.79 Å². The first-order chi connectivity index (χ1) is 7.13. The van der Waals surface area contributed by atoms with Gasteiger partial charge in [-0.25, -0.2) is 4.68 Å². The summed E-state index contributed by atoms with van der Waals surface area (Å²) in [6.45, 7) is 4.87. The van der Waals surface area contributed by atoms with E-state index >= 15 is 0 Å². The Morgan fingerprint density at radius 2 is 2.33 bits per heavy atom. The SMILES string of the molecule is CCC1CCn2nc(C)cc2N(C)C1=O. The van der Waals surface area contributed by atoms with E-state index in [2.05, 4.69) is 12.0 Å². The van der Waals surface area contributed by atoms with E-state index in [4.69, 9.17) is 0 Å². The van der Waals surface area contributed by atoms with Crippen molar-refractivity contribution in [3.05, 3.63) is 11.8 Å². The van der Waals surface area contributed by atoms with Gasteiger partial charge < -0.3 is 0 Å². The van der Waals surface area contributed by atoms with Gasteiger partial charge in [-0.2, -0.15) is 5.10 Å². The van der Waals surface area contributed by atoms with Gasteiger partial charge in [0.05, 0.1) is 5.69 Å². The molecule has 15 heavy (non-hydrogen) atoms. The van der Waals surface area contributed by atoms with Crippen LogP contribution in [0.4, 0.5) is 5.82 Å². The molecule has 2 heterocycles. The van der Waals surface area contributed by atoms with Gasteiger partial charge in [-0.05, 0) is 19.8 Å². The third-order valence-electron chi connectivity index (χ3n) is 3.09. The molecule has 0 bridgehead atoms. The topological polar surface area (TPSA) is 38.1 Å². The molecule has 1 atom stereocenters. The molecule has 4 nitrogen and oxygen atoms in total. The Morgan fingerprint density at radius 3 is 3.00 bits per heavy atom. The van der Waals surface area contributed by atoms with Crippen molar-refractivity contribution in [2.45, 2.75) is 33.2 Å². The third kappa shape index (κ3) is 1.64. The van der Waals surface area contributed by atoms with Crippen molar-refractivity contribution in [3.8, 4) is 0 Å². The molecule has 0 N–H and O–H groups in total. The van der Waals surface area contributed by atoms with Gasteiger partial charge in [0.1, 0.15) is 5.82 Å². The maximum Gasteiger partial charge on any atom is 0.231 e. The fourth-order valence-corrected chi connectivity index (χ4v) is 2.13. The first-order valence-electron chi connectivity index (χ1n) is 5.45. The Morgan fingerprint density at radius 1 is 1.60 bits per heavy atom. The van der Waals surface area contributed by atoms with Crippen LogP contribution >= 0.6 is 0 Å². The van der Waals surface area contributed by atoms with E-state index in [0.717, 1.165) is 30.9 Å². The van der Waals surface area contributed by atoms with Gasteiger partial charge in [0, 0.05) is 25.6 Å². The third-order valence-corrected chi connectivity index (χ3v) is 3.09. The van der Waals surface area contributed by atoms with E-state index in [1.807, 2.05) is 24.7 Å². The smallest absolute Gasteiger partial charge is 0.231 e. The summed E-state index contributed by atoms with van der Waals surface area (Å²) in [5, 5.41) is 4.39. The maximum absolute atomic E-state index is 12.0. The van der Waals surface area contributed by atoms with Crippen molar-refractivity contribution in [1.29, 1.82) is 0 Å². The number of anilines is 1. The average Bonchev–Trinajstić information content (AvgIpc) is 2.54. The Labute approximate surface area is 89.9 Å². The molecule has 0 saturated carbocycles. The number of hydrogen-bond donors (Lipinski definition) is 0. The molecule has 0 saturated heterocycles. The van der Waals surface area contributed by atoms with Gasteiger partial charge >= 0.3 is 0 Å². The number of hydrogen-bond acceptors (Lipinski definition) is 2. The Kier molecular flexibility index (Phi) is 2.50. The number of nitrogens with zero attached hydrogens (tertiary/aromatic N) is 3. The van der Waals surface area contributed by atoms with Gasteiger partial charge in [-0.1, -0.05) is 6.92 Å². The molecule has 0 aromatic carbocycles. The summed E-state index contributed by atoms with van der Waals surface area (Å²) in [6.07, 6.45) is 1.81. The number of amides is 1. The van der Waals surface area contributed by atoms with E-state index in [-0.39, 0.29) is 11.8 Å². The molecule has 1 amide bonds. The number of aromatic nitrogens is 2. The molecule has 0 spiro atoms. The first-order valence-corrected chi connectivity index (χ1v) is 5.45. The quantitative estimate of drug-likeness (QED) is 0.701. The van der Waals surface area contributed by atoms with E-state index in [1.165, 1.54) is 0 Å². The van der Waals surface area contributed by atoms with Crippen molar-refractivity contribution in [1.82, 2.24) is 9.78 Å². The molecule has 0 radical (unpaired) electrons. The van der Waals surface area contributed by atoms with Gasteiger partial charge in [0.2, 0.25) is 5.91 Å². The number of carbonyl (C=O) groups is 1. The second-order valence-corrected chi connectivity index (χ2v) is 4.16. The van der Waals surface area contributed by atoms with E-state index in [1.54, 1.807) is 4.90 Å². The largest absolute Gasteiger partial charge is 0.300 e. The monoisotopic (exact) mass is 207 g/mol. The van der Waals surface area contributed by atoms with Gasteiger partial charge in [-0.3, -0.25) is 9.69 Å². The molecular formula is C11H17N3O. The highest BCUT2D eigenvalue weighted by atomic mass is 16.2. The molecule has 0 fully saturated rings. The summed E-state index contributed by atoms with van der Waals surface area (Å²) in [5.74, 6) is 1.29. The minimum absolute atomic E-state index is 0.150. The van der Waals surface area contributed by atoms with Crippen LogP contribution in [0.5, 0.6) is 0 Å². The highest BCUT2D eigenvalue weighted by Crippen LogP contribution is 2.24. The summed E-state index contributed by atoms with van der Waals surface area (Å²) >= 11 is 0. The van der Waals surface area contributed by atoms with Crippen LogP contribution in [0.3, 0.4) is 0 Å². The number of aryl methyl sites for hydroxylation is 2. The highest BCUT2D eigenvalue weighted by Gasteiger charge is 2.27. The van der Waals surface area contributed by atoms with Crippen LogP contribution in [0.2, 0.25) is 0 Å². The maximum atomic E-state index is 12.0. The summed E-state index contributed by atoms with van der Waals surface area (Å²) in [6, 6.07) is 1.97. The van der Waals surface area contributed by atoms with Crippen LogP contribution in [-0.2, 0) is 11.3 Å². The molecule has 82 valence electrons. The Hall–Kier alpha value is -1.32. The lowest BCUT2D eigenvalue weighted by atomic mass is 10.0. The molecule has 0 aliphatic carbocycles. The Balaban J connectivity index is 2.37. The van der Waals surface area contributed by atoms with Crippen molar-refractivity contribution in [3.63, 3.8) is 0 Å². The number of fused-ring (bicyclic) bond motifs is 1.